The van der Waals surface area contributed by atoms with Crippen LogP contribution in [-0.2, 0) is 13.5 Å². The van der Waals surface area contributed by atoms with Crippen LogP contribution in [-0.4, -0.2) is 22.0 Å². The number of nitrogens with zero attached hydrogens (tertiary/aromatic N) is 2. The number of thiophene rings is 1. The van der Waals surface area contributed by atoms with Gasteiger partial charge in [-0.25, -0.2) is 4.98 Å². The number of nitrogens with one attached hydrogen (secondary N) is 1. The third-order valence-corrected chi connectivity index (χ3v) is 3.61. The van der Waals surface area contributed by atoms with Crippen molar-refractivity contribution in [2.24, 2.45) is 7.05 Å². The van der Waals surface area contributed by atoms with Gasteiger partial charge in [0.2, 0.25) is 0 Å². The van der Waals surface area contributed by atoms with Gasteiger partial charge < -0.3 is 9.88 Å². The second-order valence-electron chi connectivity index (χ2n) is 3.61. The van der Waals surface area contributed by atoms with Crippen molar-refractivity contribution in [3.8, 4) is 0 Å². The quantitative estimate of drug-likeness (QED) is 0.924. The fourth-order valence-corrected chi connectivity index (χ4v) is 2.41. The number of amides is 1. The Morgan fingerprint density at radius 3 is 3.00 bits per heavy atom. The Hall–Kier alpha value is -1.33. The van der Waals surface area contributed by atoms with Gasteiger partial charge in [0.15, 0.2) is 0 Å². The van der Waals surface area contributed by atoms with E-state index < -0.39 is 0 Å². The molecule has 2 heterocycles. The molecule has 17 heavy (non-hydrogen) atoms. The zero-order valence-electron chi connectivity index (χ0n) is 9.31. The first-order valence-electron chi connectivity index (χ1n) is 5.15. The lowest BCUT2D eigenvalue weighted by Gasteiger charge is -2.04. The van der Waals surface area contributed by atoms with Crippen LogP contribution in [0.3, 0.4) is 0 Å². The molecule has 1 amide bonds. The highest BCUT2D eigenvalue weighted by atomic mass is 35.5. The summed E-state index contributed by atoms with van der Waals surface area (Å²) in [5.74, 6) is -0.0796. The van der Waals surface area contributed by atoms with Crippen LogP contribution in [0, 0.1) is 0 Å². The van der Waals surface area contributed by atoms with Crippen LogP contribution in [0.25, 0.3) is 0 Å². The molecule has 0 unspecified atom stereocenters. The first-order chi connectivity index (χ1) is 8.16. The molecule has 0 aliphatic rings. The van der Waals surface area contributed by atoms with Crippen molar-refractivity contribution in [1.82, 2.24) is 14.9 Å². The lowest BCUT2D eigenvalue weighted by Crippen LogP contribution is -2.25. The second kappa shape index (κ2) is 5.33. The second-order valence-corrected chi connectivity index (χ2v) is 5.32. The van der Waals surface area contributed by atoms with E-state index in [-0.39, 0.29) is 5.91 Å². The minimum Gasteiger partial charge on any atom is -0.351 e. The van der Waals surface area contributed by atoms with Gasteiger partial charge in [-0.05, 0) is 12.1 Å². The van der Waals surface area contributed by atoms with Crippen LogP contribution in [0.15, 0.2) is 24.7 Å². The molecule has 4 nitrogen and oxygen atoms in total. The highest BCUT2D eigenvalue weighted by Crippen LogP contribution is 2.20. The molecule has 0 saturated carbocycles. The van der Waals surface area contributed by atoms with Crippen LogP contribution in [0.2, 0.25) is 4.34 Å². The van der Waals surface area contributed by atoms with Gasteiger partial charge in [-0.15, -0.1) is 11.3 Å². The number of rotatable bonds is 4. The summed E-state index contributed by atoms with van der Waals surface area (Å²) < 4.78 is 2.57. The van der Waals surface area contributed by atoms with E-state index in [2.05, 4.69) is 10.3 Å². The van der Waals surface area contributed by atoms with Crippen LogP contribution in [0.4, 0.5) is 0 Å². The molecular formula is C11H12ClN3OS. The average Bonchev–Trinajstić information content (AvgIpc) is 2.88. The molecule has 0 aliphatic heterocycles. The largest absolute Gasteiger partial charge is 0.351 e. The molecule has 0 bridgehead atoms. The van der Waals surface area contributed by atoms with Crippen molar-refractivity contribution < 1.29 is 4.79 Å². The molecule has 0 aliphatic carbocycles. The Kier molecular flexibility index (Phi) is 3.81. The Morgan fingerprint density at radius 1 is 1.59 bits per heavy atom. The number of carbonyl (C=O) groups excluding carboxylic acids is 1. The number of halogens is 1. The third-order valence-electron chi connectivity index (χ3n) is 2.38. The Bertz CT molecular complexity index is 520. The molecule has 0 spiro atoms. The van der Waals surface area contributed by atoms with Crippen molar-refractivity contribution in [2.75, 3.05) is 6.54 Å². The number of imidazole rings is 1. The van der Waals surface area contributed by atoms with Gasteiger partial charge in [0.25, 0.3) is 5.91 Å². The molecule has 2 aromatic heterocycles. The topological polar surface area (TPSA) is 46.9 Å². The Labute approximate surface area is 108 Å². The molecule has 90 valence electrons. The summed E-state index contributed by atoms with van der Waals surface area (Å²) in [6.45, 7) is 0.591. The van der Waals surface area contributed by atoms with E-state index in [4.69, 9.17) is 11.6 Å². The molecule has 0 aromatic carbocycles. The lowest BCUT2D eigenvalue weighted by atomic mass is 10.3. The molecule has 0 fully saturated rings. The van der Waals surface area contributed by atoms with Crippen LogP contribution in [0.5, 0.6) is 0 Å². The molecular weight excluding hydrogens is 258 g/mol. The lowest BCUT2D eigenvalue weighted by molar-refractivity contribution is 0.0958. The van der Waals surface area contributed by atoms with Gasteiger partial charge in [-0.2, -0.15) is 0 Å². The first-order valence-corrected chi connectivity index (χ1v) is 6.35. The van der Waals surface area contributed by atoms with E-state index in [0.29, 0.717) is 15.8 Å². The van der Waals surface area contributed by atoms with Crippen molar-refractivity contribution in [1.29, 1.82) is 0 Å². The van der Waals surface area contributed by atoms with E-state index >= 15 is 0 Å². The summed E-state index contributed by atoms with van der Waals surface area (Å²) in [6, 6.07) is 3.45. The van der Waals surface area contributed by atoms with Crippen LogP contribution in [0.1, 0.15) is 15.4 Å². The number of hydrogen-bond donors (Lipinski definition) is 1. The predicted octanol–water partition coefficient (Wildman–Crippen LogP) is 2.11. The van der Waals surface area contributed by atoms with Crippen molar-refractivity contribution >= 4 is 28.8 Å². The van der Waals surface area contributed by atoms with Gasteiger partial charge in [0, 0.05) is 31.9 Å². The average molecular weight is 270 g/mol. The van der Waals surface area contributed by atoms with Crippen molar-refractivity contribution in [2.45, 2.75) is 6.42 Å². The molecule has 1 N–H and O–H groups in total. The number of aromatic nitrogens is 2. The minimum atomic E-state index is -0.0796. The Balaban J connectivity index is 1.83. The van der Waals surface area contributed by atoms with E-state index in [0.717, 1.165) is 12.1 Å². The monoisotopic (exact) mass is 269 g/mol. The number of aryl methyl sites for hydroxylation is 1. The number of hydrogen-bond acceptors (Lipinski definition) is 3. The zero-order chi connectivity index (χ0) is 12.3. The highest BCUT2D eigenvalue weighted by Gasteiger charge is 2.08. The smallest absolute Gasteiger partial charge is 0.261 e. The van der Waals surface area contributed by atoms with Crippen LogP contribution < -0.4 is 5.32 Å². The van der Waals surface area contributed by atoms with Gasteiger partial charge in [-0.3, -0.25) is 4.79 Å². The molecule has 2 aromatic rings. The molecule has 2 rings (SSSR count). The fraction of sp³-hybridized carbons (Fsp3) is 0.273. The molecule has 6 heteroatoms. The predicted molar refractivity (Wildman–Crippen MR) is 68.6 cm³/mol. The van der Waals surface area contributed by atoms with E-state index in [9.17, 15) is 4.79 Å². The van der Waals surface area contributed by atoms with Gasteiger partial charge in [-0.1, -0.05) is 11.6 Å². The maximum atomic E-state index is 11.7. The van der Waals surface area contributed by atoms with Gasteiger partial charge in [0.05, 0.1) is 15.5 Å². The standard InChI is InChI=1S/C11H12ClN3OS/c1-15-7-13-6-8(15)4-5-14-11(16)9-2-3-10(12)17-9/h2-3,6-7H,4-5H2,1H3,(H,14,16). The zero-order valence-corrected chi connectivity index (χ0v) is 10.9. The summed E-state index contributed by atoms with van der Waals surface area (Å²) in [5, 5.41) is 2.85. The fourth-order valence-electron chi connectivity index (χ4n) is 1.45. The summed E-state index contributed by atoms with van der Waals surface area (Å²) in [7, 11) is 1.93. The number of carbonyl (C=O) groups is 1. The molecule has 0 atom stereocenters. The minimum absolute atomic E-state index is 0.0796. The van der Waals surface area contributed by atoms with Gasteiger partial charge >= 0.3 is 0 Å². The SMILES string of the molecule is Cn1cncc1CCNC(=O)c1ccc(Cl)s1. The summed E-state index contributed by atoms with van der Waals surface area (Å²) in [6.07, 6.45) is 4.31. The first kappa shape index (κ1) is 12.1. The summed E-state index contributed by atoms with van der Waals surface area (Å²) in [4.78, 5) is 16.3. The maximum Gasteiger partial charge on any atom is 0.261 e. The summed E-state index contributed by atoms with van der Waals surface area (Å²) >= 11 is 7.05. The van der Waals surface area contributed by atoms with E-state index in [1.54, 1.807) is 24.7 Å². The Morgan fingerprint density at radius 2 is 2.41 bits per heavy atom. The van der Waals surface area contributed by atoms with Crippen molar-refractivity contribution in [3.63, 3.8) is 0 Å². The molecule has 0 radical (unpaired) electrons. The maximum absolute atomic E-state index is 11.7. The molecule has 0 saturated heterocycles. The van der Waals surface area contributed by atoms with Gasteiger partial charge in [0.1, 0.15) is 0 Å². The van der Waals surface area contributed by atoms with E-state index in [1.807, 2.05) is 11.6 Å². The normalized spacial score (nSPS) is 10.5. The van der Waals surface area contributed by atoms with Crippen LogP contribution >= 0.6 is 22.9 Å². The third kappa shape index (κ3) is 3.08. The van der Waals surface area contributed by atoms with E-state index in [1.165, 1.54) is 11.3 Å². The summed E-state index contributed by atoms with van der Waals surface area (Å²) in [5.41, 5.74) is 1.09. The van der Waals surface area contributed by atoms with Crippen molar-refractivity contribution in [3.05, 3.63) is 39.6 Å². The highest BCUT2D eigenvalue weighted by molar-refractivity contribution is 7.17.